The van der Waals surface area contributed by atoms with Crippen molar-refractivity contribution >= 4 is 29.3 Å². The molecule has 1 heterocycles. The van der Waals surface area contributed by atoms with Gasteiger partial charge in [-0.05, 0) is 44.7 Å². The van der Waals surface area contributed by atoms with E-state index in [1.807, 2.05) is 39.0 Å². The highest BCUT2D eigenvalue weighted by Gasteiger charge is 2.18. The van der Waals surface area contributed by atoms with Gasteiger partial charge in [-0.25, -0.2) is 4.98 Å². The molecule has 0 saturated carbocycles. The van der Waals surface area contributed by atoms with Gasteiger partial charge in [-0.15, -0.1) is 0 Å². The number of hydrogen-bond donors (Lipinski definition) is 1. The molecule has 1 aromatic heterocycles. The van der Waals surface area contributed by atoms with Crippen LogP contribution >= 0.6 is 11.8 Å². The van der Waals surface area contributed by atoms with Crippen molar-refractivity contribution in [2.24, 2.45) is 5.92 Å². The number of carbonyl (C=O) groups is 2. The molecule has 2 aromatic rings. The fraction of sp³-hybridized carbons (Fsp3) is 0.500. The molecule has 0 spiro atoms. The van der Waals surface area contributed by atoms with Gasteiger partial charge in [-0.1, -0.05) is 43.8 Å². The van der Waals surface area contributed by atoms with Crippen molar-refractivity contribution in [2.75, 3.05) is 24.7 Å². The summed E-state index contributed by atoms with van der Waals surface area (Å²) in [5.74, 6) is 0.451. The predicted molar refractivity (Wildman–Crippen MR) is 119 cm³/mol. The largest absolute Gasteiger partial charge is 0.336 e. The van der Waals surface area contributed by atoms with Gasteiger partial charge in [-0.3, -0.25) is 9.59 Å². The van der Waals surface area contributed by atoms with Gasteiger partial charge in [-0.2, -0.15) is 0 Å². The Hall–Kier alpha value is -2.28. The first-order chi connectivity index (χ1) is 13.6. The van der Waals surface area contributed by atoms with Crippen LogP contribution in [0.1, 0.15) is 36.4 Å². The second kappa shape index (κ2) is 9.96. The highest BCUT2D eigenvalue weighted by atomic mass is 32.2. The van der Waals surface area contributed by atoms with Crippen LogP contribution in [0.4, 0.5) is 5.69 Å². The van der Waals surface area contributed by atoms with Crippen molar-refractivity contribution in [1.82, 2.24) is 14.5 Å². The summed E-state index contributed by atoms with van der Waals surface area (Å²) >= 11 is 1.43. The van der Waals surface area contributed by atoms with Gasteiger partial charge in [0.15, 0.2) is 5.16 Å². The number of amides is 2. The monoisotopic (exact) mass is 416 g/mol. The number of hydrogen-bond acceptors (Lipinski definition) is 4. The number of nitrogens with zero attached hydrogens (tertiary/aromatic N) is 3. The average Bonchev–Trinajstić information content (AvgIpc) is 2.90. The maximum absolute atomic E-state index is 12.6. The third-order valence-electron chi connectivity index (χ3n) is 4.85. The lowest BCUT2D eigenvalue weighted by atomic mass is 10.1. The van der Waals surface area contributed by atoms with Crippen LogP contribution in [0.2, 0.25) is 0 Å². The number of imidazole rings is 1. The van der Waals surface area contributed by atoms with Crippen LogP contribution in [0.25, 0.3) is 0 Å². The summed E-state index contributed by atoms with van der Waals surface area (Å²) in [7, 11) is 1.66. The SMILES string of the molecule is Cc1cccc(C)c1NC(=O)CN(C)C(=O)CSc1nc(C)c(C)n1CC(C)C. The molecule has 2 amide bonds. The summed E-state index contributed by atoms with van der Waals surface area (Å²) in [4.78, 5) is 31.0. The number of aromatic nitrogens is 2. The molecule has 6 nitrogen and oxygen atoms in total. The lowest BCUT2D eigenvalue weighted by Crippen LogP contribution is -2.36. The third-order valence-corrected chi connectivity index (χ3v) is 5.81. The number of nitrogens with one attached hydrogen (secondary N) is 1. The Morgan fingerprint density at radius 1 is 1.17 bits per heavy atom. The summed E-state index contributed by atoms with van der Waals surface area (Å²) in [5.41, 5.74) is 4.95. The van der Waals surface area contributed by atoms with Gasteiger partial charge >= 0.3 is 0 Å². The number of para-hydroxylation sites is 1. The van der Waals surface area contributed by atoms with E-state index in [-0.39, 0.29) is 24.1 Å². The second-order valence-electron chi connectivity index (χ2n) is 7.92. The highest BCUT2D eigenvalue weighted by Crippen LogP contribution is 2.23. The molecule has 2 rings (SSSR count). The van der Waals surface area contributed by atoms with E-state index < -0.39 is 0 Å². The maximum atomic E-state index is 12.6. The van der Waals surface area contributed by atoms with Crippen molar-refractivity contribution in [3.8, 4) is 0 Å². The molecule has 0 aliphatic rings. The number of benzene rings is 1. The van der Waals surface area contributed by atoms with E-state index in [1.165, 1.54) is 16.7 Å². The van der Waals surface area contributed by atoms with Crippen molar-refractivity contribution in [3.63, 3.8) is 0 Å². The van der Waals surface area contributed by atoms with E-state index in [0.29, 0.717) is 5.92 Å². The Balaban J connectivity index is 1.94. The molecule has 0 saturated heterocycles. The molecule has 0 aliphatic heterocycles. The minimum Gasteiger partial charge on any atom is -0.336 e. The van der Waals surface area contributed by atoms with Crippen LogP contribution in [0.3, 0.4) is 0 Å². The van der Waals surface area contributed by atoms with Crippen LogP contribution in [-0.2, 0) is 16.1 Å². The van der Waals surface area contributed by atoms with E-state index in [9.17, 15) is 9.59 Å². The Labute approximate surface area is 178 Å². The molecule has 7 heteroatoms. The summed E-state index contributed by atoms with van der Waals surface area (Å²) < 4.78 is 2.17. The fourth-order valence-electron chi connectivity index (χ4n) is 3.04. The van der Waals surface area contributed by atoms with Crippen molar-refractivity contribution in [2.45, 2.75) is 53.2 Å². The lowest BCUT2D eigenvalue weighted by molar-refractivity contribution is -0.131. The summed E-state index contributed by atoms with van der Waals surface area (Å²) in [6.07, 6.45) is 0. The summed E-state index contributed by atoms with van der Waals surface area (Å²) in [6, 6.07) is 5.87. The van der Waals surface area contributed by atoms with E-state index in [2.05, 4.69) is 35.6 Å². The topological polar surface area (TPSA) is 67.2 Å². The van der Waals surface area contributed by atoms with Gasteiger partial charge in [0.2, 0.25) is 11.8 Å². The zero-order chi connectivity index (χ0) is 21.7. The molecular formula is C22H32N4O2S. The smallest absolute Gasteiger partial charge is 0.243 e. The van der Waals surface area contributed by atoms with Crippen LogP contribution in [0.5, 0.6) is 0 Å². The molecule has 0 bridgehead atoms. The van der Waals surface area contributed by atoms with Gasteiger partial charge in [0, 0.05) is 25.0 Å². The van der Waals surface area contributed by atoms with Gasteiger partial charge in [0.05, 0.1) is 18.0 Å². The Morgan fingerprint density at radius 2 is 1.79 bits per heavy atom. The first-order valence-electron chi connectivity index (χ1n) is 9.86. The molecule has 0 radical (unpaired) electrons. The minimum absolute atomic E-state index is 0.0195. The Bertz CT molecular complexity index is 869. The predicted octanol–water partition coefficient (Wildman–Crippen LogP) is 3.96. The number of anilines is 1. The molecule has 29 heavy (non-hydrogen) atoms. The van der Waals surface area contributed by atoms with Crippen LogP contribution in [0, 0.1) is 33.6 Å². The van der Waals surface area contributed by atoms with Gasteiger partial charge in [0.1, 0.15) is 0 Å². The normalized spacial score (nSPS) is 11.0. The van der Waals surface area contributed by atoms with Gasteiger partial charge in [0.25, 0.3) is 0 Å². The van der Waals surface area contributed by atoms with Crippen molar-refractivity contribution < 1.29 is 9.59 Å². The number of likely N-dealkylation sites (N-methyl/N-ethyl adjacent to an activating group) is 1. The molecule has 0 unspecified atom stereocenters. The standard InChI is InChI=1S/C22H32N4O2S/c1-14(2)11-26-18(6)17(5)23-22(26)29-13-20(28)25(7)12-19(27)24-21-15(3)9-8-10-16(21)4/h8-10,14H,11-13H2,1-7H3,(H,24,27). The lowest BCUT2D eigenvalue weighted by Gasteiger charge is -2.18. The molecule has 1 N–H and O–H groups in total. The van der Waals surface area contributed by atoms with Crippen molar-refractivity contribution in [3.05, 3.63) is 40.7 Å². The molecular weight excluding hydrogens is 384 g/mol. The maximum Gasteiger partial charge on any atom is 0.243 e. The first kappa shape index (κ1) is 23.0. The Morgan fingerprint density at radius 3 is 2.38 bits per heavy atom. The molecule has 0 aliphatic carbocycles. The van der Waals surface area contributed by atoms with Crippen molar-refractivity contribution in [1.29, 1.82) is 0 Å². The molecule has 1 aromatic carbocycles. The summed E-state index contributed by atoms with van der Waals surface area (Å²) in [5, 5.41) is 3.78. The first-order valence-corrected chi connectivity index (χ1v) is 10.8. The summed E-state index contributed by atoms with van der Waals surface area (Å²) in [6.45, 7) is 13.2. The minimum atomic E-state index is -0.198. The number of rotatable bonds is 8. The quantitative estimate of drug-likeness (QED) is 0.662. The van der Waals surface area contributed by atoms with E-state index in [1.54, 1.807) is 7.05 Å². The molecule has 158 valence electrons. The molecule has 0 atom stereocenters. The number of carbonyl (C=O) groups excluding carboxylic acids is 2. The van der Waals surface area contributed by atoms with E-state index >= 15 is 0 Å². The van der Waals surface area contributed by atoms with Crippen LogP contribution < -0.4 is 5.32 Å². The van der Waals surface area contributed by atoms with Crippen LogP contribution in [-0.4, -0.2) is 45.6 Å². The zero-order valence-electron chi connectivity index (χ0n) is 18.5. The van der Waals surface area contributed by atoms with E-state index in [4.69, 9.17) is 0 Å². The Kier molecular flexibility index (Phi) is 7.90. The van der Waals surface area contributed by atoms with Crippen LogP contribution in [0.15, 0.2) is 23.4 Å². The van der Waals surface area contributed by atoms with Gasteiger partial charge < -0.3 is 14.8 Å². The van der Waals surface area contributed by atoms with E-state index in [0.717, 1.165) is 39.9 Å². The second-order valence-corrected chi connectivity index (χ2v) is 8.87. The highest BCUT2D eigenvalue weighted by molar-refractivity contribution is 7.99. The average molecular weight is 417 g/mol. The fourth-order valence-corrected chi connectivity index (χ4v) is 4.09. The third kappa shape index (κ3) is 6.10. The molecule has 0 fully saturated rings. The number of aryl methyl sites for hydroxylation is 3. The zero-order valence-corrected chi connectivity index (χ0v) is 19.3. The number of thioether (sulfide) groups is 1.